The summed E-state index contributed by atoms with van der Waals surface area (Å²) in [5.41, 5.74) is 1.97. The molecule has 0 saturated heterocycles. The number of nitrogens with one attached hydrogen (secondary N) is 1. The number of benzene rings is 2. The third-order valence-corrected chi connectivity index (χ3v) is 4.90. The molecular weight excluding hydrogens is 362 g/mol. The van der Waals surface area contributed by atoms with Crippen LogP contribution in [0.1, 0.15) is 6.42 Å². The van der Waals surface area contributed by atoms with E-state index in [0.717, 1.165) is 10.2 Å². The number of halogens is 1. The van der Waals surface area contributed by atoms with Crippen LogP contribution in [0, 0.1) is 0 Å². The number of oxazole rings is 1. The molecule has 25 heavy (non-hydrogen) atoms. The number of carbonyl (C=O) groups excluding carboxylic acids is 1. The average molecular weight is 374 g/mol. The highest BCUT2D eigenvalue weighted by atomic mass is 35.5. The number of carbonyl (C=O) groups is 1. The van der Waals surface area contributed by atoms with Gasteiger partial charge in [-0.2, -0.15) is 0 Å². The number of fused-ring (bicyclic) bond motifs is 2. The standard InChI is InChI=1S/C17H12ClN3O3S/c18-10-5-6-11-14(9-10)25-16(19-11)20-15(22)7-8-21-12-3-1-2-4-13(12)24-17(21)23/h1-6,9H,7-8H2,(H,19,20,22). The van der Waals surface area contributed by atoms with Crippen molar-refractivity contribution in [2.75, 3.05) is 5.32 Å². The van der Waals surface area contributed by atoms with E-state index >= 15 is 0 Å². The fraction of sp³-hybridized carbons (Fsp3) is 0.118. The zero-order valence-electron chi connectivity index (χ0n) is 12.9. The number of aryl methyl sites for hydroxylation is 1. The van der Waals surface area contributed by atoms with Gasteiger partial charge in [-0.3, -0.25) is 9.36 Å². The van der Waals surface area contributed by atoms with Gasteiger partial charge in [-0.1, -0.05) is 35.1 Å². The molecule has 6 nitrogen and oxygen atoms in total. The Balaban J connectivity index is 1.48. The zero-order chi connectivity index (χ0) is 17.4. The first-order chi connectivity index (χ1) is 12.1. The molecule has 1 amide bonds. The summed E-state index contributed by atoms with van der Waals surface area (Å²) in [5.74, 6) is -0.689. The molecule has 0 saturated carbocycles. The average Bonchev–Trinajstić information content (AvgIpc) is 3.11. The lowest BCUT2D eigenvalue weighted by molar-refractivity contribution is -0.116. The molecule has 0 fully saturated rings. The number of amides is 1. The normalized spacial score (nSPS) is 11.2. The van der Waals surface area contributed by atoms with Crippen molar-refractivity contribution in [3.63, 3.8) is 0 Å². The molecule has 1 N–H and O–H groups in total. The Labute approximate surface area is 150 Å². The molecule has 0 aliphatic carbocycles. The van der Waals surface area contributed by atoms with Crippen molar-refractivity contribution >= 4 is 55.3 Å². The van der Waals surface area contributed by atoms with E-state index in [9.17, 15) is 9.59 Å². The van der Waals surface area contributed by atoms with Gasteiger partial charge in [0.1, 0.15) is 0 Å². The molecule has 0 radical (unpaired) electrons. The van der Waals surface area contributed by atoms with Crippen LogP contribution >= 0.6 is 22.9 Å². The minimum Gasteiger partial charge on any atom is -0.408 e. The van der Waals surface area contributed by atoms with E-state index in [1.165, 1.54) is 15.9 Å². The number of thiazole rings is 1. The number of nitrogens with zero attached hydrogens (tertiary/aromatic N) is 2. The molecule has 2 aromatic heterocycles. The lowest BCUT2D eigenvalue weighted by Crippen LogP contribution is -2.19. The Morgan fingerprint density at radius 3 is 3.00 bits per heavy atom. The molecule has 2 heterocycles. The zero-order valence-corrected chi connectivity index (χ0v) is 14.4. The van der Waals surface area contributed by atoms with Gasteiger partial charge in [0.05, 0.1) is 15.7 Å². The molecule has 4 rings (SSSR count). The number of rotatable bonds is 4. The largest absolute Gasteiger partial charge is 0.419 e. The van der Waals surface area contributed by atoms with Crippen LogP contribution in [0.3, 0.4) is 0 Å². The molecule has 8 heteroatoms. The van der Waals surface area contributed by atoms with Crippen molar-refractivity contribution in [2.45, 2.75) is 13.0 Å². The van der Waals surface area contributed by atoms with Crippen molar-refractivity contribution in [3.05, 3.63) is 58.0 Å². The third kappa shape index (κ3) is 3.16. The van der Waals surface area contributed by atoms with Gasteiger partial charge in [0.15, 0.2) is 10.7 Å². The van der Waals surface area contributed by atoms with Gasteiger partial charge in [-0.25, -0.2) is 9.78 Å². The summed E-state index contributed by atoms with van der Waals surface area (Å²) < 4.78 is 7.51. The number of anilines is 1. The molecule has 126 valence electrons. The molecule has 0 spiro atoms. The van der Waals surface area contributed by atoms with Crippen LogP contribution in [0.15, 0.2) is 51.7 Å². The first kappa shape index (κ1) is 15.9. The van der Waals surface area contributed by atoms with Gasteiger partial charge in [0.2, 0.25) is 5.91 Å². The highest BCUT2D eigenvalue weighted by Crippen LogP contribution is 2.28. The molecular formula is C17H12ClN3O3S. The van der Waals surface area contributed by atoms with Crippen LogP contribution < -0.4 is 11.1 Å². The molecule has 0 bridgehead atoms. The minimum atomic E-state index is -0.469. The van der Waals surface area contributed by atoms with E-state index in [-0.39, 0.29) is 18.9 Å². The molecule has 4 aromatic rings. The predicted octanol–water partition coefficient (Wildman–Crippen LogP) is 3.89. The van der Waals surface area contributed by atoms with Crippen molar-refractivity contribution in [1.29, 1.82) is 0 Å². The van der Waals surface area contributed by atoms with Gasteiger partial charge in [-0.15, -0.1) is 0 Å². The summed E-state index contributed by atoms with van der Waals surface area (Å²) >= 11 is 7.31. The Bertz CT molecular complexity index is 1140. The first-order valence-electron chi connectivity index (χ1n) is 7.54. The number of hydrogen-bond acceptors (Lipinski definition) is 5. The van der Waals surface area contributed by atoms with Crippen LogP contribution in [0.2, 0.25) is 5.02 Å². The Hall–Kier alpha value is -2.64. The number of hydrogen-bond donors (Lipinski definition) is 1. The third-order valence-electron chi connectivity index (χ3n) is 3.73. The highest BCUT2D eigenvalue weighted by Gasteiger charge is 2.12. The highest BCUT2D eigenvalue weighted by molar-refractivity contribution is 7.22. The second-order valence-electron chi connectivity index (χ2n) is 5.42. The maximum atomic E-state index is 12.2. The summed E-state index contributed by atoms with van der Waals surface area (Å²) in [6, 6.07) is 12.5. The smallest absolute Gasteiger partial charge is 0.408 e. The maximum Gasteiger partial charge on any atom is 0.419 e. The monoisotopic (exact) mass is 373 g/mol. The summed E-state index contributed by atoms with van der Waals surface area (Å²) in [6.45, 7) is 0.235. The van der Waals surface area contributed by atoms with E-state index < -0.39 is 5.76 Å². The topological polar surface area (TPSA) is 77.1 Å². The maximum absolute atomic E-state index is 12.2. The Morgan fingerprint density at radius 1 is 1.28 bits per heavy atom. The summed E-state index contributed by atoms with van der Waals surface area (Å²) in [6.07, 6.45) is 0.139. The second kappa shape index (κ2) is 6.34. The fourth-order valence-electron chi connectivity index (χ4n) is 2.57. The quantitative estimate of drug-likeness (QED) is 0.588. The van der Waals surface area contributed by atoms with Gasteiger partial charge < -0.3 is 9.73 Å². The lowest BCUT2D eigenvalue weighted by atomic mass is 10.3. The van der Waals surface area contributed by atoms with Crippen LogP contribution in [-0.2, 0) is 11.3 Å². The fourth-order valence-corrected chi connectivity index (χ4v) is 3.73. The van der Waals surface area contributed by atoms with Gasteiger partial charge in [-0.05, 0) is 30.3 Å². The second-order valence-corrected chi connectivity index (χ2v) is 6.88. The number of para-hydroxylation sites is 2. The van der Waals surface area contributed by atoms with Crippen molar-refractivity contribution in [2.24, 2.45) is 0 Å². The van der Waals surface area contributed by atoms with Crippen LogP contribution in [0.4, 0.5) is 5.13 Å². The van der Waals surface area contributed by atoms with E-state index in [0.29, 0.717) is 21.3 Å². The lowest BCUT2D eigenvalue weighted by Gasteiger charge is -2.02. The van der Waals surface area contributed by atoms with E-state index in [4.69, 9.17) is 16.0 Å². The van der Waals surface area contributed by atoms with Gasteiger partial charge >= 0.3 is 5.76 Å². The Morgan fingerprint density at radius 2 is 2.12 bits per heavy atom. The minimum absolute atomic E-state index is 0.139. The molecule has 0 aliphatic rings. The van der Waals surface area contributed by atoms with Crippen LogP contribution in [-0.4, -0.2) is 15.5 Å². The molecule has 0 unspecified atom stereocenters. The first-order valence-corrected chi connectivity index (χ1v) is 8.74. The van der Waals surface area contributed by atoms with E-state index in [1.54, 1.807) is 36.4 Å². The number of aromatic nitrogens is 2. The summed E-state index contributed by atoms with van der Waals surface area (Å²) in [5, 5.41) is 3.89. The van der Waals surface area contributed by atoms with Crippen molar-refractivity contribution < 1.29 is 9.21 Å². The Kier molecular flexibility index (Phi) is 4.03. The summed E-state index contributed by atoms with van der Waals surface area (Å²) in [4.78, 5) is 28.4. The van der Waals surface area contributed by atoms with Gasteiger partial charge in [0.25, 0.3) is 0 Å². The summed E-state index contributed by atoms with van der Waals surface area (Å²) in [7, 11) is 0. The predicted molar refractivity (Wildman–Crippen MR) is 98.4 cm³/mol. The van der Waals surface area contributed by atoms with E-state index in [2.05, 4.69) is 10.3 Å². The molecule has 0 aliphatic heterocycles. The van der Waals surface area contributed by atoms with Crippen LogP contribution in [0.5, 0.6) is 0 Å². The molecule has 2 aromatic carbocycles. The molecule has 0 atom stereocenters. The van der Waals surface area contributed by atoms with E-state index in [1.807, 2.05) is 6.07 Å². The van der Waals surface area contributed by atoms with Crippen LogP contribution in [0.25, 0.3) is 21.3 Å². The van der Waals surface area contributed by atoms with Crippen molar-refractivity contribution in [1.82, 2.24) is 9.55 Å². The SMILES string of the molecule is O=C(CCn1c(=O)oc2ccccc21)Nc1nc2ccc(Cl)cc2s1. The van der Waals surface area contributed by atoms with Gasteiger partial charge in [0, 0.05) is 18.0 Å². The van der Waals surface area contributed by atoms with Crippen molar-refractivity contribution in [3.8, 4) is 0 Å².